The average molecular weight is 364 g/mol. The number of amides is 1. The Bertz CT molecular complexity index is 1000. The van der Waals surface area contributed by atoms with Crippen molar-refractivity contribution in [3.05, 3.63) is 64.0 Å². The highest BCUT2D eigenvalue weighted by molar-refractivity contribution is 6.22. The molecule has 2 heterocycles. The van der Waals surface area contributed by atoms with Gasteiger partial charge in [0.05, 0.1) is 5.56 Å². The Balaban J connectivity index is 2.29. The van der Waals surface area contributed by atoms with Crippen molar-refractivity contribution in [1.29, 1.82) is 0 Å². The lowest BCUT2D eigenvalue weighted by atomic mass is 10.0. The number of nitrogens with zero attached hydrogens (tertiary/aromatic N) is 2. The molecule has 6 nitrogen and oxygen atoms in total. The molecular formula is C21H20N2O4. The second-order valence-electron chi connectivity index (χ2n) is 6.46. The molecule has 1 aromatic heterocycles. The fraction of sp³-hybridized carbons (Fsp3) is 0.238. The van der Waals surface area contributed by atoms with Crippen LogP contribution in [0.5, 0.6) is 5.88 Å². The second-order valence-corrected chi connectivity index (χ2v) is 6.46. The third-order valence-corrected chi connectivity index (χ3v) is 4.00. The number of ether oxygens (including phenoxy) is 2. The molecule has 1 aliphatic heterocycles. The number of hydrogen-bond acceptors (Lipinski definition) is 5. The zero-order chi connectivity index (χ0) is 19.7. The number of aromatic nitrogens is 1. The summed E-state index contributed by atoms with van der Waals surface area (Å²) >= 11 is 0. The Morgan fingerprint density at radius 1 is 1.07 bits per heavy atom. The quantitative estimate of drug-likeness (QED) is 0.600. The number of aryl methyl sites for hydroxylation is 3. The van der Waals surface area contributed by atoms with E-state index in [1.807, 2.05) is 51.1 Å². The van der Waals surface area contributed by atoms with E-state index in [1.165, 1.54) is 13.8 Å². The van der Waals surface area contributed by atoms with Crippen molar-refractivity contribution in [3.63, 3.8) is 0 Å². The first-order valence-corrected chi connectivity index (χ1v) is 8.52. The lowest BCUT2D eigenvalue weighted by molar-refractivity contribution is -0.134. The zero-order valence-electron chi connectivity index (χ0n) is 15.9. The lowest BCUT2D eigenvalue weighted by Crippen LogP contribution is -2.11. The fourth-order valence-electron chi connectivity index (χ4n) is 2.93. The van der Waals surface area contributed by atoms with E-state index in [4.69, 9.17) is 9.47 Å². The van der Waals surface area contributed by atoms with E-state index >= 15 is 0 Å². The molecule has 0 bridgehead atoms. The number of hydrogen-bond donors (Lipinski definition) is 0. The molecule has 0 fully saturated rings. The Labute approximate surface area is 157 Å². The standard InChI is InChI=1S/C21H20N2O4/c1-11-6-8-16(9-7-11)19(26-15(5)25)20-18(23-14(4)24)17-12(2)10-13(3)22-21(17)27-20/h6-10H,1-5H3/b20-19+,23-18?. The largest absolute Gasteiger partial charge is 0.432 e. The van der Waals surface area contributed by atoms with Crippen LogP contribution in [0.3, 0.4) is 0 Å². The number of rotatable bonds is 2. The van der Waals surface area contributed by atoms with Crippen molar-refractivity contribution in [2.45, 2.75) is 34.6 Å². The normalized spacial score (nSPS) is 16.0. The van der Waals surface area contributed by atoms with E-state index in [1.54, 1.807) is 0 Å². The van der Waals surface area contributed by atoms with Gasteiger partial charge in [0.2, 0.25) is 11.8 Å². The fourth-order valence-corrected chi connectivity index (χ4v) is 2.93. The second kappa shape index (κ2) is 7.15. The van der Waals surface area contributed by atoms with Gasteiger partial charge in [-0.15, -0.1) is 0 Å². The molecule has 2 aromatic rings. The van der Waals surface area contributed by atoms with Gasteiger partial charge in [-0.25, -0.2) is 9.98 Å². The van der Waals surface area contributed by atoms with Crippen molar-refractivity contribution in [2.24, 2.45) is 4.99 Å². The maximum Gasteiger partial charge on any atom is 0.308 e. The van der Waals surface area contributed by atoms with E-state index in [9.17, 15) is 9.59 Å². The molecule has 0 saturated carbocycles. The monoisotopic (exact) mass is 364 g/mol. The van der Waals surface area contributed by atoms with Crippen molar-refractivity contribution in [3.8, 4) is 5.88 Å². The smallest absolute Gasteiger partial charge is 0.308 e. The summed E-state index contributed by atoms with van der Waals surface area (Å²) < 4.78 is 11.4. The van der Waals surface area contributed by atoms with Gasteiger partial charge in [0.1, 0.15) is 5.71 Å². The SMILES string of the molecule is CC(=O)N=C1/C(=C(\OC(C)=O)c2ccc(C)cc2)Oc2nc(C)cc(C)c21. The highest BCUT2D eigenvalue weighted by Gasteiger charge is 2.34. The van der Waals surface area contributed by atoms with Crippen LogP contribution in [-0.4, -0.2) is 22.6 Å². The maximum absolute atomic E-state index is 11.8. The third kappa shape index (κ3) is 3.79. The van der Waals surface area contributed by atoms with Crippen molar-refractivity contribution >= 4 is 23.3 Å². The van der Waals surface area contributed by atoms with Crippen LogP contribution < -0.4 is 4.74 Å². The number of esters is 1. The highest BCUT2D eigenvalue weighted by Crippen LogP contribution is 2.37. The lowest BCUT2D eigenvalue weighted by Gasteiger charge is -2.11. The van der Waals surface area contributed by atoms with E-state index < -0.39 is 5.97 Å². The number of carbonyl (C=O) groups excluding carboxylic acids is 2. The molecule has 3 rings (SSSR count). The average Bonchev–Trinajstić information content (AvgIpc) is 2.91. The summed E-state index contributed by atoms with van der Waals surface area (Å²) in [5.41, 5.74) is 4.30. The Hall–Kier alpha value is -3.28. The number of benzene rings is 1. The van der Waals surface area contributed by atoms with Gasteiger partial charge in [-0.2, -0.15) is 0 Å². The van der Waals surface area contributed by atoms with Crippen LogP contribution in [-0.2, 0) is 14.3 Å². The minimum absolute atomic E-state index is 0.206. The third-order valence-electron chi connectivity index (χ3n) is 4.00. The van der Waals surface area contributed by atoms with Gasteiger partial charge in [0, 0.05) is 25.1 Å². The van der Waals surface area contributed by atoms with E-state index in [-0.39, 0.29) is 17.4 Å². The van der Waals surface area contributed by atoms with E-state index in [0.717, 1.165) is 16.8 Å². The molecule has 0 spiro atoms. The number of fused-ring (bicyclic) bond motifs is 1. The molecule has 0 radical (unpaired) electrons. The first-order chi connectivity index (χ1) is 12.8. The molecule has 0 atom stereocenters. The molecule has 6 heteroatoms. The molecule has 0 N–H and O–H groups in total. The van der Waals surface area contributed by atoms with Crippen LogP contribution in [0.25, 0.3) is 5.76 Å². The molecule has 1 aliphatic rings. The highest BCUT2D eigenvalue weighted by atomic mass is 16.6. The maximum atomic E-state index is 11.8. The van der Waals surface area contributed by atoms with Crippen molar-refractivity contribution < 1.29 is 19.1 Å². The summed E-state index contributed by atoms with van der Waals surface area (Å²) in [7, 11) is 0. The number of pyridine rings is 1. The Morgan fingerprint density at radius 2 is 1.74 bits per heavy atom. The van der Waals surface area contributed by atoms with Crippen LogP contribution >= 0.6 is 0 Å². The molecule has 0 saturated heterocycles. The summed E-state index contributed by atoms with van der Waals surface area (Å²) in [4.78, 5) is 32.0. The minimum atomic E-state index is -0.499. The summed E-state index contributed by atoms with van der Waals surface area (Å²) in [5.74, 6) is -0.122. The van der Waals surface area contributed by atoms with Gasteiger partial charge in [-0.1, -0.05) is 29.8 Å². The van der Waals surface area contributed by atoms with Gasteiger partial charge in [0.25, 0.3) is 0 Å². The van der Waals surface area contributed by atoms with Crippen LogP contribution in [0, 0.1) is 20.8 Å². The Kier molecular flexibility index (Phi) is 4.90. The number of allylic oxidation sites excluding steroid dienone is 1. The van der Waals surface area contributed by atoms with Crippen molar-refractivity contribution in [2.75, 3.05) is 0 Å². The predicted molar refractivity (Wildman–Crippen MR) is 101 cm³/mol. The molecule has 1 amide bonds. The van der Waals surface area contributed by atoms with Crippen molar-refractivity contribution in [1.82, 2.24) is 4.98 Å². The zero-order valence-corrected chi connectivity index (χ0v) is 15.9. The Morgan fingerprint density at radius 3 is 2.33 bits per heavy atom. The summed E-state index contributed by atoms with van der Waals surface area (Å²) in [6, 6.07) is 9.33. The first kappa shape index (κ1) is 18.5. The molecule has 27 heavy (non-hydrogen) atoms. The molecule has 138 valence electrons. The number of aliphatic imine (C=N–C) groups is 1. The predicted octanol–water partition coefficient (Wildman–Crippen LogP) is 3.67. The van der Waals surface area contributed by atoms with E-state index in [0.29, 0.717) is 22.7 Å². The summed E-state index contributed by atoms with van der Waals surface area (Å²) in [5, 5.41) is 0. The van der Waals surface area contributed by atoms with Crippen LogP contribution in [0.2, 0.25) is 0 Å². The van der Waals surface area contributed by atoms with Crippen LogP contribution in [0.15, 0.2) is 41.1 Å². The van der Waals surface area contributed by atoms with Crippen LogP contribution in [0.4, 0.5) is 0 Å². The molecule has 1 aromatic carbocycles. The molecule has 0 unspecified atom stereocenters. The van der Waals surface area contributed by atoms with Gasteiger partial charge in [-0.3, -0.25) is 9.59 Å². The van der Waals surface area contributed by atoms with Gasteiger partial charge in [0.15, 0.2) is 11.5 Å². The molecular weight excluding hydrogens is 344 g/mol. The minimum Gasteiger partial charge on any atom is -0.432 e. The van der Waals surface area contributed by atoms with Crippen LogP contribution in [0.1, 0.15) is 41.8 Å². The number of carbonyl (C=O) groups is 2. The summed E-state index contributed by atoms with van der Waals surface area (Å²) in [6.45, 7) is 8.38. The summed E-state index contributed by atoms with van der Waals surface area (Å²) in [6.07, 6.45) is 0. The van der Waals surface area contributed by atoms with Gasteiger partial charge >= 0.3 is 5.97 Å². The topological polar surface area (TPSA) is 77.8 Å². The van der Waals surface area contributed by atoms with Gasteiger partial charge in [-0.05, 0) is 32.4 Å². The van der Waals surface area contributed by atoms with Gasteiger partial charge < -0.3 is 9.47 Å². The first-order valence-electron chi connectivity index (χ1n) is 8.52. The molecule has 0 aliphatic carbocycles. The van der Waals surface area contributed by atoms with E-state index in [2.05, 4.69) is 9.98 Å².